The van der Waals surface area contributed by atoms with E-state index in [1.807, 2.05) is 24.4 Å². The molecule has 7 nitrogen and oxygen atoms in total. The Bertz CT molecular complexity index is 1300. The number of rotatable bonds is 3. The SMILES string of the molecule is CC1(C)C=C(n2ccc3nc(-c4ccc(-c5cn[nH]c5)cc4O)cnc32)CC(C)(C)N1.Cl. The van der Waals surface area contributed by atoms with E-state index in [4.69, 9.17) is 9.97 Å². The van der Waals surface area contributed by atoms with Crippen molar-refractivity contribution in [1.29, 1.82) is 0 Å². The van der Waals surface area contributed by atoms with E-state index in [1.165, 1.54) is 5.70 Å². The highest BCUT2D eigenvalue weighted by Crippen LogP contribution is 2.34. The van der Waals surface area contributed by atoms with Gasteiger partial charge in [-0.15, -0.1) is 12.4 Å². The van der Waals surface area contributed by atoms with Gasteiger partial charge in [0.05, 0.1) is 18.1 Å². The number of nitrogens with zero attached hydrogens (tertiary/aromatic N) is 4. The molecule has 0 aliphatic carbocycles. The van der Waals surface area contributed by atoms with Crippen LogP contribution in [0, 0.1) is 0 Å². The molecule has 166 valence electrons. The van der Waals surface area contributed by atoms with E-state index >= 15 is 0 Å². The number of halogens is 1. The number of aromatic hydroxyl groups is 1. The maximum Gasteiger partial charge on any atom is 0.163 e. The summed E-state index contributed by atoms with van der Waals surface area (Å²) in [6.45, 7) is 8.79. The van der Waals surface area contributed by atoms with Gasteiger partial charge >= 0.3 is 0 Å². The molecule has 1 aliphatic rings. The first kappa shape index (κ1) is 22.0. The largest absolute Gasteiger partial charge is 0.507 e. The van der Waals surface area contributed by atoms with Crippen LogP contribution in [0.15, 0.2) is 55.1 Å². The molecule has 0 saturated heterocycles. The minimum Gasteiger partial charge on any atom is -0.507 e. The maximum absolute atomic E-state index is 10.6. The fraction of sp³-hybridized carbons (Fsp3) is 0.292. The Morgan fingerprint density at radius 1 is 1.06 bits per heavy atom. The molecule has 1 aromatic carbocycles. The van der Waals surface area contributed by atoms with E-state index < -0.39 is 0 Å². The molecule has 1 aliphatic heterocycles. The van der Waals surface area contributed by atoms with E-state index in [-0.39, 0.29) is 29.2 Å². The van der Waals surface area contributed by atoms with Crippen LogP contribution < -0.4 is 5.32 Å². The Kier molecular flexibility index (Phi) is 5.35. The zero-order valence-corrected chi connectivity index (χ0v) is 19.4. The van der Waals surface area contributed by atoms with Crippen molar-refractivity contribution in [2.45, 2.75) is 45.2 Å². The first-order chi connectivity index (χ1) is 14.7. The van der Waals surface area contributed by atoms with Crippen LogP contribution in [0.4, 0.5) is 0 Å². The number of H-pyrrole nitrogens is 1. The van der Waals surface area contributed by atoms with Crippen LogP contribution in [-0.2, 0) is 0 Å². The molecule has 0 bridgehead atoms. The third kappa shape index (κ3) is 4.01. The van der Waals surface area contributed by atoms with Gasteiger partial charge in [0.15, 0.2) is 5.65 Å². The average Bonchev–Trinajstić information content (AvgIpc) is 3.35. The van der Waals surface area contributed by atoms with Crippen molar-refractivity contribution in [3.05, 3.63) is 55.1 Å². The van der Waals surface area contributed by atoms with Crippen molar-refractivity contribution >= 4 is 29.3 Å². The number of fused-ring (bicyclic) bond motifs is 1. The Balaban J connectivity index is 0.00000245. The number of nitrogens with one attached hydrogen (secondary N) is 2. The highest BCUT2D eigenvalue weighted by molar-refractivity contribution is 5.85. The Morgan fingerprint density at radius 3 is 2.56 bits per heavy atom. The Hall–Kier alpha value is -3.16. The molecule has 0 radical (unpaired) electrons. The molecule has 8 heteroatoms. The zero-order chi connectivity index (χ0) is 21.8. The summed E-state index contributed by atoms with van der Waals surface area (Å²) >= 11 is 0. The summed E-state index contributed by atoms with van der Waals surface area (Å²) in [5.74, 6) is 0.163. The second-order valence-electron chi connectivity index (χ2n) is 9.41. The monoisotopic (exact) mass is 450 g/mol. The smallest absolute Gasteiger partial charge is 0.163 e. The lowest BCUT2D eigenvalue weighted by Gasteiger charge is -2.41. The van der Waals surface area contributed by atoms with Gasteiger partial charge in [0.1, 0.15) is 11.3 Å². The summed E-state index contributed by atoms with van der Waals surface area (Å²) in [4.78, 5) is 9.50. The van der Waals surface area contributed by atoms with Crippen LogP contribution in [-0.4, -0.2) is 40.9 Å². The Morgan fingerprint density at radius 2 is 1.88 bits per heavy atom. The van der Waals surface area contributed by atoms with E-state index in [1.54, 1.807) is 24.7 Å². The van der Waals surface area contributed by atoms with Crippen LogP contribution in [0.3, 0.4) is 0 Å². The van der Waals surface area contributed by atoms with Gasteiger partial charge in [-0.1, -0.05) is 6.07 Å². The third-order valence-electron chi connectivity index (χ3n) is 5.61. The van der Waals surface area contributed by atoms with E-state index in [0.717, 1.165) is 28.7 Å². The molecule has 0 amide bonds. The van der Waals surface area contributed by atoms with Crippen molar-refractivity contribution in [3.8, 4) is 28.1 Å². The summed E-state index contributed by atoms with van der Waals surface area (Å²) in [5, 5.41) is 21.0. The standard InChI is InChI=1S/C24H26N6O.ClH/c1-23(2)10-17(11-24(3,4)29-23)30-8-7-19-22(30)25-14-20(28-19)18-6-5-15(9-21(18)31)16-12-26-27-13-16;/h5-10,12-14,29,31H,11H2,1-4H3,(H,26,27);1H. The Labute approximate surface area is 193 Å². The van der Waals surface area contributed by atoms with E-state index in [9.17, 15) is 5.11 Å². The first-order valence-corrected chi connectivity index (χ1v) is 10.4. The number of hydrogen-bond donors (Lipinski definition) is 3. The molecule has 4 aromatic rings. The minimum atomic E-state index is -0.108. The normalized spacial score (nSPS) is 17.1. The van der Waals surface area contributed by atoms with Gasteiger partial charge in [0.2, 0.25) is 0 Å². The van der Waals surface area contributed by atoms with Crippen LogP contribution in [0.2, 0.25) is 0 Å². The van der Waals surface area contributed by atoms with Gasteiger partial charge in [-0.05, 0) is 57.5 Å². The second kappa shape index (κ2) is 7.76. The quantitative estimate of drug-likeness (QED) is 0.408. The fourth-order valence-electron chi connectivity index (χ4n) is 4.64. The van der Waals surface area contributed by atoms with Crippen molar-refractivity contribution < 1.29 is 5.11 Å². The number of aromatic amines is 1. The van der Waals surface area contributed by atoms with Crippen molar-refractivity contribution in [1.82, 2.24) is 30.0 Å². The third-order valence-corrected chi connectivity index (χ3v) is 5.61. The van der Waals surface area contributed by atoms with Gasteiger partial charge in [0.25, 0.3) is 0 Å². The summed E-state index contributed by atoms with van der Waals surface area (Å²) < 4.78 is 2.12. The van der Waals surface area contributed by atoms with Crippen LogP contribution in [0.1, 0.15) is 34.1 Å². The second-order valence-corrected chi connectivity index (χ2v) is 9.41. The van der Waals surface area contributed by atoms with Crippen molar-refractivity contribution in [3.63, 3.8) is 0 Å². The number of hydrogen-bond acceptors (Lipinski definition) is 5. The predicted molar refractivity (Wildman–Crippen MR) is 130 cm³/mol. The van der Waals surface area contributed by atoms with Crippen LogP contribution in [0.25, 0.3) is 39.2 Å². The van der Waals surface area contributed by atoms with Crippen LogP contribution >= 0.6 is 12.4 Å². The highest BCUT2D eigenvalue weighted by Gasteiger charge is 2.33. The summed E-state index contributed by atoms with van der Waals surface area (Å²) in [7, 11) is 0. The van der Waals surface area contributed by atoms with Crippen molar-refractivity contribution in [2.75, 3.05) is 0 Å². The molecule has 0 spiro atoms. The molecule has 3 N–H and O–H groups in total. The lowest BCUT2D eigenvalue weighted by atomic mass is 9.86. The molecule has 0 saturated carbocycles. The van der Waals surface area contributed by atoms with E-state index in [0.29, 0.717) is 11.3 Å². The molecular formula is C24H27ClN6O. The topological polar surface area (TPSA) is 91.7 Å². The average molecular weight is 451 g/mol. The maximum atomic E-state index is 10.6. The molecule has 5 rings (SSSR count). The van der Waals surface area contributed by atoms with Gasteiger partial charge in [-0.2, -0.15) is 5.10 Å². The van der Waals surface area contributed by atoms with Gasteiger partial charge in [0, 0.05) is 46.7 Å². The number of phenolic OH excluding ortho intramolecular Hbond substituents is 1. The molecule has 4 heterocycles. The lowest BCUT2D eigenvalue weighted by Crippen LogP contribution is -2.54. The van der Waals surface area contributed by atoms with Crippen LogP contribution in [0.5, 0.6) is 5.75 Å². The minimum absolute atomic E-state index is 0. The number of phenols is 1. The molecule has 0 atom stereocenters. The number of aromatic nitrogens is 5. The lowest BCUT2D eigenvalue weighted by molar-refractivity contribution is 0.293. The van der Waals surface area contributed by atoms with Crippen molar-refractivity contribution in [2.24, 2.45) is 0 Å². The highest BCUT2D eigenvalue weighted by atomic mass is 35.5. The molecule has 3 aromatic heterocycles. The molecule has 0 fully saturated rings. The van der Waals surface area contributed by atoms with Gasteiger partial charge < -0.3 is 15.0 Å². The molecular weight excluding hydrogens is 424 g/mol. The van der Waals surface area contributed by atoms with Gasteiger partial charge in [-0.25, -0.2) is 9.97 Å². The van der Waals surface area contributed by atoms with Gasteiger partial charge in [-0.3, -0.25) is 5.10 Å². The molecule has 32 heavy (non-hydrogen) atoms. The summed E-state index contributed by atoms with van der Waals surface area (Å²) in [6, 6.07) is 7.51. The molecule has 0 unspecified atom stereocenters. The predicted octanol–water partition coefficient (Wildman–Crippen LogP) is 5.01. The number of benzene rings is 1. The summed E-state index contributed by atoms with van der Waals surface area (Å²) in [5.41, 5.74) is 5.80. The fourth-order valence-corrected chi connectivity index (χ4v) is 4.64. The summed E-state index contributed by atoms with van der Waals surface area (Å²) in [6.07, 6.45) is 10.4. The first-order valence-electron chi connectivity index (χ1n) is 10.4. The van der Waals surface area contributed by atoms with E-state index in [2.05, 4.69) is 53.9 Å². The zero-order valence-electron chi connectivity index (χ0n) is 18.5.